The molecule has 1 aromatic rings. The predicted molar refractivity (Wildman–Crippen MR) is 59.6 cm³/mol. The minimum Gasteiger partial charge on any atom is -0.326 e. The molecule has 4 nitrogen and oxygen atoms in total. The average Bonchev–Trinajstić information content (AvgIpc) is 2.59. The van der Waals surface area contributed by atoms with Crippen molar-refractivity contribution < 1.29 is 0 Å². The number of nitrogens with zero attached hydrogens (tertiary/aromatic N) is 3. The molecule has 2 unspecified atom stereocenters. The van der Waals surface area contributed by atoms with Gasteiger partial charge in [-0.05, 0) is 12.3 Å². The molecule has 84 valence electrons. The lowest BCUT2D eigenvalue weighted by Gasteiger charge is -2.23. The Morgan fingerprint density at radius 1 is 1.33 bits per heavy atom. The Hall–Kier alpha value is -0.900. The number of hydrogen-bond donors (Lipinski definition) is 1. The molecule has 15 heavy (non-hydrogen) atoms. The van der Waals surface area contributed by atoms with Crippen LogP contribution in [0.25, 0.3) is 0 Å². The minimum absolute atomic E-state index is 0.270. The van der Waals surface area contributed by atoms with Gasteiger partial charge in [-0.1, -0.05) is 20.8 Å². The van der Waals surface area contributed by atoms with Gasteiger partial charge in [-0.3, -0.25) is 0 Å². The Bertz CT molecular complexity index is 342. The summed E-state index contributed by atoms with van der Waals surface area (Å²) in [7, 11) is 0. The summed E-state index contributed by atoms with van der Waals surface area (Å²) >= 11 is 0. The largest absolute Gasteiger partial charge is 0.326 e. The van der Waals surface area contributed by atoms with E-state index in [0.29, 0.717) is 11.8 Å². The van der Waals surface area contributed by atoms with Crippen molar-refractivity contribution in [1.82, 2.24) is 14.8 Å². The van der Waals surface area contributed by atoms with Gasteiger partial charge in [0.1, 0.15) is 11.6 Å². The van der Waals surface area contributed by atoms with Gasteiger partial charge < -0.3 is 10.3 Å². The van der Waals surface area contributed by atoms with Crippen LogP contribution in [0.3, 0.4) is 0 Å². The first-order valence-electron chi connectivity index (χ1n) is 5.77. The standard InChI is InChI=1S/C11H20N4/c1-7(2)8(3)11-14-13-10-5-4-9(12)6-15(10)11/h7-9H,4-6,12H2,1-3H3. The van der Waals surface area contributed by atoms with E-state index in [2.05, 4.69) is 35.5 Å². The van der Waals surface area contributed by atoms with Gasteiger partial charge >= 0.3 is 0 Å². The van der Waals surface area contributed by atoms with Crippen molar-refractivity contribution in [2.75, 3.05) is 0 Å². The summed E-state index contributed by atoms with van der Waals surface area (Å²) in [6, 6.07) is 0.270. The predicted octanol–water partition coefficient (Wildman–Crippen LogP) is 1.31. The lowest BCUT2D eigenvalue weighted by Crippen LogP contribution is -2.33. The van der Waals surface area contributed by atoms with E-state index in [4.69, 9.17) is 5.73 Å². The highest BCUT2D eigenvalue weighted by atomic mass is 15.3. The van der Waals surface area contributed by atoms with E-state index < -0.39 is 0 Å². The Morgan fingerprint density at radius 2 is 2.07 bits per heavy atom. The third-order valence-electron chi connectivity index (χ3n) is 3.42. The molecule has 2 atom stereocenters. The van der Waals surface area contributed by atoms with Crippen LogP contribution in [-0.2, 0) is 13.0 Å². The number of nitrogens with two attached hydrogens (primary N) is 1. The van der Waals surface area contributed by atoms with Crippen molar-refractivity contribution in [1.29, 1.82) is 0 Å². The first-order chi connectivity index (χ1) is 7.09. The Labute approximate surface area is 90.9 Å². The van der Waals surface area contributed by atoms with E-state index in [0.717, 1.165) is 31.0 Å². The molecule has 4 heteroatoms. The van der Waals surface area contributed by atoms with Crippen LogP contribution in [0.15, 0.2) is 0 Å². The summed E-state index contributed by atoms with van der Waals surface area (Å²) in [6.45, 7) is 7.53. The van der Waals surface area contributed by atoms with Gasteiger partial charge in [0.05, 0.1) is 0 Å². The Balaban J connectivity index is 2.30. The molecule has 0 spiro atoms. The monoisotopic (exact) mass is 208 g/mol. The van der Waals surface area contributed by atoms with E-state index in [1.165, 1.54) is 0 Å². The lowest BCUT2D eigenvalue weighted by atomic mass is 9.96. The van der Waals surface area contributed by atoms with Crippen molar-refractivity contribution in [2.45, 2.75) is 52.1 Å². The quantitative estimate of drug-likeness (QED) is 0.797. The van der Waals surface area contributed by atoms with Crippen LogP contribution in [0.4, 0.5) is 0 Å². The smallest absolute Gasteiger partial charge is 0.136 e. The maximum Gasteiger partial charge on any atom is 0.136 e. The molecule has 2 N–H and O–H groups in total. The van der Waals surface area contributed by atoms with Gasteiger partial charge in [0, 0.05) is 24.9 Å². The number of aryl methyl sites for hydroxylation is 1. The van der Waals surface area contributed by atoms with Crippen molar-refractivity contribution in [3.63, 3.8) is 0 Å². The third kappa shape index (κ3) is 1.91. The summed E-state index contributed by atoms with van der Waals surface area (Å²) in [5, 5.41) is 8.56. The summed E-state index contributed by atoms with van der Waals surface area (Å²) in [6.07, 6.45) is 2.01. The molecule has 2 rings (SSSR count). The fourth-order valence-corrected chi connectivity index (χ4v) is 2.01. The average molecular weight is 208 g/mol. The highest BCUT2D eigenvalue weighted by Crippen LogP contribution is 2.25. The summed E-state index contributed by atoms with van der Waals surface area (Å²) in [5.74, 6) is 3.27. The van der Waals surface area contributed by atoms with Crippen LogP contribution in [0, 0.1) is 5.92 Å². The van der Waals surface area contributed by atoms with Crippen molar-refractivity contribution in [3.8, 4) is 0 Å². The van der Waals surface area contributed by atoms with Gasteiger partial charge in [-0.25, -0.2) is 0 Å². The third-order valence-corrected chi connectivity index (χ3v) is 3.42. The van der Waals surface area contributed by atoms with Crippen LogP contribution in [0.2, 0.25) is 0 Å². The second-order valence-corrected chi connectivity index (χ2v) is 4.92. The van der Waals surface area contributed by atoms with E-state index in [9.17, 15) is 0 Å². The van der Waals surface area contributed by atoms with Gasteiger partial charge in [-0.15, -0.1) is 10.2 Å². The normalized spacial score (nSPS) is 22.9. The van der Waals surface area contributed by atoms with Crippen molar-refractivity contribution in [2.24, 2.45) is 11.7 Å². The Kier molecular flexibility index (Phi) is 2.78. The lowest BCUT2D eigenvalue weighted by molar-refractivity contribution is 0.416. The zero-order chi connectivity index (χ0) is 11.0. The molecular weight excluding hydrogens is 188 g/mol. The number of aromatic nitrogens is 3. The van der Waals surface area contributed by atoms with Crippen molar-refractivity contribution >= 4 is 0 Å². The molecule has 1 aliphatic rings. The minimum atomic E-state index is 0.270. The second kappa shape index (κ2) is 3.93. The highest BCUT2D eigenvalue weighted by Gasteiger charge is 2.24. The van der Waals surface area contributed by atoms with Crippen LogP contribution >= 0.6 is 0 Å². The summed E-state index contributed by atoms with van der Waals surface area (Å²) in [4.78, 5) is 0. The van der Waals surface area contributed by atoms with E-state index >= 15 is 0 Å². The maximum atomic E-state index is 5.98. The first-order valence-corrected chi connectivity index (χ1v) is 5.77. The second-order valence-electron chi connectivity index (χ2n) is 4.92. The van der Waals surface area contributed by atoms with Gasteiger partial charge in [-0.2, -0.15) is 0 Å². The molecule has 0 saturated carbocycles. The summed E-state index contributed by atoms with van der Waals surface area (Å²) in [5.41, 5.74) is 5.98. The number of rotatable bonds is 2. The molecule has 0 bridgehead atoms. The van der Waals surface area contributed by atoms with Crippen LogP contribution in [0.1, 0.15) is 44.8 Å². The molecule has 0 fully saturated rings. The van der Waals surface area contributed by atoms with Gasteiger partial charge in [0.15, 0.2) is 0 Å². The molecule has 0 amide bonds. The van der Waals surface area contributed by atoms with E-state index in [-0.39, 0.29) is 6.04 Å². The van der Waals surface area contributed by atoms with E-state index in [1.807, 2.05) is 0 Å². The molecule has 0 radical (unpaired) electrons. The molecule has 1 aliphatic heterocycles. The molecule has 0 aromatic carbocycles. The van der Waals surface area contributed by atoms with Gasteiger partial charge in [0.2, 0.25) is 0 Å². The molecule has 1 aromatic heterocycles. The first kappa shape index (κ1) is 10.6. The number of hydrogen-bond acceptors (Lipinski definition) is 3. The van der Waals surface area contributed by atoms with Gasteiger partial charge in [0.25, 0.3) is 0 Å². The fraction of sp³-hybridized carbons (Fsp3) is 0.818. The highest BCUT2D eigenvalue weighted by molar-refractivity contribution is 5.05. The number of fused-ring (bicyclic) bond motifs is 1. The molecule has 0 saturated heterocycles. The van der Waals surface area contributed by atoms with Crippen LogP contribution in [0.5, 0.6) is 0 Å². The maximum absolute atomic E-state index is 5.98. The molecular formula is C11H20N4. The van der Waals surface area contributed by atoms with Crippen LogP contribution in [-0.4, -0.2) is 20.8 Å². The topological polar surface area (TPSA) is 56.7 Å². The fourth-order valence-electron chi connectivity index (χ4n) is 2.01. The molecule has 2 heterocycles. The van der Waals surface area contributed by atoms with Crippen LogP contribution < -0.4 is 5.73 Å². The SMILES string of the molecule is CC(C)C(C)c1nnc2n1CC(N)CC2. The van der Waals surface area contributed by atoms with Crippen molar-refractivity contribution in [3.05, 3.63) is 11.6 Å². The molecule has 0 aliphatic carbocycles. The Morgan fingerprint density at radius 3 is 2.73 bits per heavy atom. The zero-order valence-corrected chi connectivity index (χ0v) is 9.77. The summed E-state index contributed by atoms with van der Waals surface area (Å²) < 4.78 is 2.22. The zero-order valence-electron chi connectivity index (χ0n) is 9.77. The van der Waals surface area contributed by atoms with E-state index in [1.54, 1.807) is 0 Å².